The van der Waals surface area contributed by atoms with Gasteiger partial charge in [-0.2, -0.15) is 0 Å². The molecule has 0 saturated carbocycles. The monoisotopic (exact) mass is 457 g/mol. The number of nitrogens with zero attached hydrogens (tertiary/aromatic N) is 1. The van der Waals surface area contributed by atoms with Crippen LogP contribution in [0, 0.1) is 19.8 Å². The van der Waals surface area contributed by atoms with Gasteiger partial charge in [-0.3, -0.25) is 0 Å². The Balaban J connectivity index is 0.00000107. The summed E-state index contributed by atoms with van der Waals surface area (Å²) in [4.78, 5) is 2.42. The number of rotatable bonds is 7. The lowest BCUT2D eigenvalue weighted by molar-refractivity contribution is 0.468. The topological polar surface area (TPSA) is 3.24 Å². The first-order chi connectivity index (χ1) is 16.4. The van der Waals surface area contributed by atoms with Crippen LogP contribution in [0.1, 0.15) is 76.1 Å². The maximum Gasteiger partial charge on any atom is 0.0484 e. The van der Waals surface area contributed by atoms with Crippen molar-refractivity contribution in [1.29, 1.82) is 0 Å². The maximum absolute atomic E-state index is 4.13. The van der Waals surface area contributed by atoms with E-state index in [4.69, 9.17) is 0 Å². The Kier molecular flexibility index (Phi) is 13.7. The van der Waals surface area contributed by atoms with E-state index in [9.17, 15) is 0 Å². The van der Waals surface area contributed by atoms with Gasteiger partial charge < -0.3 is 4.90 Å². The quantitative estimate of drug-likeness (QED) is 0.374. The third kappa shape index (κ3) is 8.52. The molecule has 0 spiro atoms. The molecule has 0 saturated heterocycles. The Bertz CT molecular complexity index is 956. The highest BCUT2D eigenvalue weighted by molar-refractivity contribution is 5.74. The highest BCUT2D eigenvalue weighted by atomic mass is 15.1. The molecule has 0 aromatic heterocycles. The maximum atomic E-state index is 4.13. The van der Waals surface area contributed by atoms with Crippen LogP contribution in [0.5, 0.6) is 0 Å². The van der Waals surface area contributed by atoms with Crippen molar-refractivity contribution < 1.29 is 0 Å². The zero-order chi connectivity index (χ0) is 25.5. The van der Waals surface area contributed by atoms with Crippen molar-refractivity contribution in [3.8, 4) is 0 Å². The Morgan fingerprint density at radius 2 is 1.65 bits per heavy atom. The summed E-state index contributed by atoms with van der Waals surface area (Å²) in [7, 11) is 2.22. The highest BCUT2D eigenvalue weighted by Gasteiger charge is 2.22. The zero-order valence-electron chi connectivity index (χ0n) is 23.0. The first kappa shape index (κ1) is 29.2. The number of aryl methyl sites for hydroxylation is 2. The molecule has 1 aliphatic carbocycles. The van der Waals surface area contributed by atoms with Crippen LogP contribution < -0.4 is 0 Å². The van der Waals surface area contributed by atoms with Gasteiger partial charge in [0.05, 0.1) is 0 Å². The Labute approximate surface area is 210 Å². The molecule has 0 N–H and O–H groups in total. The van der Waals surface area contributed by atoms with Gasteiger partial charge in [0.15, 0.2) is 0 Å². The normalized spacial score (nSPS) is 13.8. The van der Waals surface area contributed by atoms with Gasteiger partial charge in [0, 0.05) is 30.8 Å². The fourth-order valence-electron chi connectivity index (χ4n) is 4.05. The van der Waals surface area contributed by atoms with Crippen molar-refractivity contribution in [1.82, 2.24) is 4.90 Å². The summed E-state index contributed by atoms with van der Waals surface area (Å²) in [5, 5.41) is 0. The summed E-state index contributed by atoms with van der Waals surface area (Å²) in [6.45, 7) is 19.9. The highest BCUT2D eigenvalue weighted by Crippen LogP contribution is 2.37. The minimum atomic E-state index is 0.280. The molecule has 2 aromatic carbocycles. The average Bonchev–Trinajstić information content (AvgIpc) is 2.86. The molecule has 0 amide bonds. The lowest BCUT2D eigenvalue weighted by atomic mass is 9.84. The van der Waals surface area contributed by atoms with Gasteiger partial charge in [0.2, 0.25) is 0 Å². The number of hydrogen-bond acceptors (Lipinski definition) is 1. The second-order valence-electron chi connectivity index (χ2n) is 8.81. The molecular formula is C33H47N. The lowest BCUT2D eigenvalue weighted by Crippen LogP contribution is -2.21. The summed E-state index contributed by atoms with van der Waals surface area (Å²) in [5.74, 6) is 0.280. The standard InChI is InChI=1S/C28H33N.C3H8.C2H6/c1-6-22(3)27(25-13-8-7-9-14-25)28(26-15-11-10-12-23(26)4)29(5)20-24-18-16-21(2)17-19-24;1-3-2;1-2/h6-8,10-13,15-19,22H,1,9,14,20H2,2-5H3;3H2,1-2H3;1-2H3/b28-27-;;. The fraction of sp³-hybridized carbons (Fsp3) is 0.394. The van der Waals surface area contributed by atoms with E-state index in [2.05, 4.69) is 126 Å². The fourth-order valence-corrected chi connectivity index (χ4v) is 4.05. The summed E-state index contributed by atoms with van der Waals surface area (Å²) >= 11 is 0. The van der Waals surface area contributed by atoms with Gasteiger partial charge in [0.1, 0.15) is 0 Å². The molecule has 1 nitrogen and oxygen atoms in total. The van der Waals surface area contributed by atoms with E-state index in [0.717, 1.165) is 19.4 Å². The van der Waals surface area contributed by atoms with Gasteiger partial charge in [-0.15, -0.1) is 6.58 Å². The van der Waals surface area contributed by atoms with Gasteiger partial charge >= 0.3 is 0 Å². The van der Waals surface area contributed by atoms with E-state index in [1.54, 1.807) is 0 Å². The molecular weight excluding hydrogens is 410 g/mol. The van der Waals surface area contributed by atoms with Crippen LogP contribution in [0.2, 0.25) is 0 Å². The van der Waals surface area contributed by atoms with Crippen molar-refractivity contribution in [2.75, 3.05) is 7.05 Å². The predicted octanol–water partition coefficient (Wildman–Crippen LogP) is 9.69. The minimum Gasteiger partial charge on any atom is -0.370 e. The van der Waals surface area contributed by atoms with Crippen molar-refractivity contribution >= 4 is 5.70 Å². The smallest absolute Gasteiger partial charge is 0.0484 e. The van der Waals surface area contributed by atoms with Gasteiger partial charge in [-0.25, -0.2) is 0 Å². The van der Waals surface area contributed by atoms with Gasteiger partial charge in [-0.05, 0) is 49.0 Å². The number of allylic oxidation sites excluding steroid dienone is 6. The van der Waals surface area contributed by atoms with Crippen LogP contribution in [-0.2, 0) is 6.54 Å². The third-order valence-corrected chi connectivity index (χ3v) is 5.75. The number of benzene rings is 2. The molecule has 34 heavy (non-hydrogen) atoms. The van der Waals surface area contributed by atoms with Crippen molar-refractivity contribution in [2.45, 2.75) is 74.3 Å². The molecule has 0 heterocycles. The van der Waals surface area contributed by atoms with Crippen molar-refractivity contribution in [2.24, 2.45) is 5.92 Å². The van der Waals surface area contributed by atoms with Crippen LogP contribution in [0.3, 0.4) is 0 Å². The van der Waals surface area contributed by atoms with E-state index < -0.39 is 0 Å². The molecule has 1 atom stereocenters. The lowest BCUT2D eigenvalue weighted by Gasteiger charge is -2.31. The molecule has 2 aromatic rings. The summed E-state index contributed by atoms with van der Waals surface area (Å²) in [6.07, 6.45) is 12.2. The number of hydrogen-bond donors (Lipinski definition) is 0. The second-order valence-corrected chi connectivity index (χ2v) is 8.81. The Morgan fingerprint density at radius 3 is 2.18 bits per heavy atom. The average molecular weight is 458 g/mol. The molecule has 1 unspecified atom stereocenters. The molecule has 0 bridgehead atoms. The van der Waals surface area contributed by atoms with Crippen molar-refractivity contribution in [3.05, 3.63) is 113 Å². The SMILES string of the molecule is C=CC(C)/C(C1=CC=CCC1)=C(\c1ccccc1C)N(C)Cc1ccc(C)cc1.CC.CCC. The van der Waals surface area contributed by atoms with Gasteiger partial charge in [-0.1, -0.05) is 119 Å². The van der Waals surface area contributed by atoms with E-state index in [1.807, 2.05) is 13.8 Å². The van der Waals surface area contributed by atoms with Crippen LogP contribution in [0.25, 0.3) is 5.70 Å². The first-order valence-corrected chi connectivity index (χ1v) is 13.0. The summed E-state index contributed by atoms with van der Waals surface area (Å²) < 4.78 is 0. The Morgan fingerprint density at radius 1 is 1.03 bits per heavy atom. The summed E-state index contributed by atoms with van der Waals surface area (Å²) in [5.41, 5.74) is 9.37. The molecule has 1 heteroatoms. The molecule has 0 aliphatic heterocycles. The summed E-state index contributed by atoms with van der Waals surface area (Å²) in [6, 6.07) is 17.6. The Hall–Kier alpha value is -2.80. The van der Waals surface area contributed by atoms with Crippen LogP contribution in [-0.4, -0.2) is 11.9 Å². The van der Waals surface area contributed by atoms with E-state index >= 15 is 0 Å². The third-order valence-electron chi connectivity index (χ3n) is 5.75. The van der Waals surface area contributed by atoms with Crippen molar-refractivity contribution in [3.63, 3.8) is 0 Å². The van der Waals surface area contributed by atoms with E-state index in [0.29, 0.717) is 0 Å². The van der Waals surface area contributed by atoms with Crippen LogP contribution in [0.15, 0.2) is 90.6 Å². The predicted molar refractivity (Wildman–Crippen MR) is 154 cm³/mol. The second kappa shape index (κ2) is 15.9. The van der Waals surface area contributed by atoms with Crippen LogP contribution in [0.4, 0.5) is 0 Å². The molecule has 3 rings (SSSR count). The largest absolute Gasteiger partial charge is 0.370 e. The zero-order valence-corrected chi connectivity index (χ0v) is 23.0. The molecule has 0 fully saturated rings. The molecule has 184 valence electrons. The van der Waals surface area contributed by atoms with Crippen LogP contribution >= 0.6 is 0 Å². The molecule has 0 radical (unpaired) electrons. The first-order valence-electron chi connectivity index (χ1n) is 13.0. The minimum absolute atomic E-state index is 0.280. The molecule has 1 aliphatic rings. The van der Waals surface area contributed by atoms with E-state index in [-0.39, 0.29) is 5.92 Å². The van der Waals surface area contributed by atoms with E-state index in [1.165, 1.54) is 45.5 Å². The van der Waals surface area contributed by atoms with Gasteiger partial charge in [0.25, 0.3) is 0 Å².